The van der Waals surface area contributed by atoms with E-state index < -0.39 is 0 Å². The summed E-state index contributed by atoms with van der Waals surface area (Å²) in [5, 5.41) is 0. The fraction of sp³-hybridized carbons (Fsp3) is 0.462. The van der Waals surface area contributed by atoms with Crippen molar-refractivity contribution in [1.82, 2.24) is 4.90 Å². The summed E-state index contributed by atoms with van der Waals surface area (Å²) in [6.45, 7) is 3.50. The van der Waals surface area contributed by atoms with Gasteiger partial charge in [-0.2, -0.15) is 0 Å². The molecule has 0 saturated carbocycles. The smallest absolute Gasteiger partial charge is 0.254 e. The second-order valence-electron chi connectivity index (χ2n) is 4.37. The topological polar surface area (TPSA) is 46.3 Å². The summed E-state index contributed by atoms with van der Waals surface area (Å²) in [5.41, 5.74) is 7.60. The van der Waals surface area contributed by atoms with Gasteiger partial charge in [0.25, 0.3) is 5.91 Å². The fourth-order valence-corrected chi connectivity index (χ4v) is 2.01. The molecule has 1 saturated heterocycles. The van der Waals surface area contributed by atoms with Gasteiger partial charge in [-0.05, 0) is 37.5 Å². The molecule has 0 atom stereocenters. The molecule has 1 heterocycles. The lowest BCUT2D eigenvalue weighted by Gasteiger charge is -2.30. The third kappa shape index (κ3) is 2.25. The summed E-state index contributed by atoms with van der Waals surface area (Å²) in [5.74, 6) is 0.112. The molecular formula is C13H17N2O. The van der Waals surface area contributed by atoms with Crippen molar-refractivity contribution < 1.29 is 4.79 Å². The van der Waals surface area contributed by atoms with Gasteiger partial charge in [-0.3, -0.25) is 4.79 Å². The van der Waals surface area contributed by atoms with E-state index in [-0.39, 0.29) is 11.9 Å². The van der Waals surface area contributed by atoms with Gasteiger partial charge in [0, 0.05) is 24.7 Å². The summed E-state index contributed by atoms with van der Waals surface area (Å²) in [7, 11) is 0. The number of carbonyl (C=O) groups excluding carboxylic acids is 1. The molecule has 2 rings (SSSR count). The van der Waals surface area contributed by atoms with Crippen LogP contribution in [0.2, 0.25) is 0 Å². The summed E-state index contributed by atoms with van der Waals surface area (Å²) < 4.78 is 0. The Morgan fingerprint density at radius 1 is 1.50 bits per heavy atom. The van der Waals surface area contributed by atoms with Crippen LogP contribution in [-0.4, -0.2) is 29.9 Å². The van der Waals surface area contributed by atoms with Crippen LogP contribution in [0.3, 0.4) is 0 Å². The number of hydrogen-bond donors (Lipinski definition) is 1. The van der Waals surface area contributed by atoms with E-state index in [0.717, 1.165) is 37.1 Å². The highest BCUT2D eigenvalue weighted by molar-refractivity contribution is 5.95. The molecule has 2 N–H and O–H groups in total. The summed E-state index contributed by atoms with van der Waals surface area (Å²) in [4.78, 5) is 14.1. The molecule has 0 aromatic heterocycles. The van der Waals surface area contributed by atoms with E-state index in [0.29, 0.717) is 0 Å². The van der Waals surface area contributed by atoms with Crippen LogP contribution in [0.4, 0.5) is 0 Å². The Morgan fingerprint density at radius 2 is 2.19 bits per heavy atom. The van der Waals surface area contributed by atoms with Crippen molar-refractivity contribution >= 4 is 5.91 Å². The van der Waals surface area contributed by atoms with Crippen LogP contribution in [0, 0.1) is 13.0 Å². The third-order valence-corrected chi connectivity index (χ3v) is 3.14. The Hall–Kier alpha value is -1.35. The van der Waals surface area contributed by atoms with Crippen LogP contribution in [0.1, 0.15) is 28.8 Å². The number of nitrogens with two attached hydrogens (primary N) is 1. The number of benzene rings is 1. The van der Waals surface area contributed by atoms with Crippen molar-refractivity contribution in [2.24, 2.45) is 5.73 Å². The average Bonchev–Trinajstić information content (AvgIpc) is 2.30. The standard InChI is InChI=1S/C13H17N2O/c1-10-4-2-3-5-12(10)13(16)15-8-6-11(14)7-9-15/h2,4-5,11H,6-9,14H2,1H3. The Morgan fingerprint density at radius 3 is 2.81 bits per heavy atom. The maximum Gasteiger partial charge on any atom is 0.254 e. The quantitative estimate of drug-likeness (QED) is 0.772. The predicted octanol–water partition coefficient (Wildman–Crippen LogP) is 1.36. The van der Waals surface area contributed by atoms with Crippen molar-refractivity contribution in [3.05, 3.63) is 35.4 Å². The highest BCUT2D eigenvalue weighted by Gasteiger charge is 2.22. The minimum absolute atomic E-state index is 0.112. The van der Waals surface area contributed by atoms with Crippen LogP contribution < -0.4 is 5.73 Å². The first kappa shape index (κ1) is 11.1. The molecular weight excluding hydrogens is 200 g/mol. The number of rotatable bonds is 1. The fourth-order valence-electron chi connectivity index (χ4n) is 2.01. The van der Waals surface area contributed by atoms with Crippen LogP contribution in [0.25, 0.3) is 0 Å². The Balaban J connectivity index is 2.11. The van der Waals surface area contributed by atoms with E-state index in [4.69, 9.17) is 5.73 Å². The van der Waals surface area contributed by atoms with Crippen molar-refractivity contribution in [2.45, 2.75) is 25.8 Å². The number of amides is 1. The van der Waals surface area contributed by atoms with E-state index in [1.165, 1.54) is 0 Å². The minimum Gasteiger partial charge on any atom is -0.339 e. The zero-order valence-corrected chi connectivity index (χ0v) is 9.57. The lowest BCUT2D eigenvalue weighted by atomic mass is 10.0. The average molecular weight is 217 g/mol. The molecule has 3 heteroatoms. The summed E-state index contributed by atoms with van der Waals surface area (Å²) >= 11 is 0. The van der Waals surface area contributed by atoms with Gasteiger partial charge in [-0.25, -0.2) is 0 Å². The largest absolute Gasteiger partial charge is 0.339 e. The van der Waals surface area contributed by atoms with Gasteiger partial charge in [0.05, 0.1) is 0 Å². The highest BCUT2D eigenvalue weighted by Crippen LogP contribution is 2.14. The maximum atomic E-state index is 12.2. The second kappa shape index (κ2) is 4.66. The maximum absolute atomic E-state index is 12.2. The number of likely N-dealkylation sites (tertiary alicyclic amines) is 1. The van der Waals surface area contributed by atoms with Gasteiger partial charge in [0.15, 0.2) is 0 Å². The molecule has 3 nitrogen and oxygen atoms in total. The van der Waals surface area contributed by atoms with E-state index in [1.54, 1.807) is 6.07 Å². The van der Waals surface area contributed by atoms with Gasteiger partial charge >= 0.3 is 0 Å². The van der Waals surface area contributed by atoms with Crippen molar-refractivity contribution in [3.63, 3.8) is 0 Å². The molecule has 1 radical (unpaired) electrons. The summed E-state index contributed by atoms with van der Waals surface area (Å²) in [6.07, 6.45) is 1.81. The zero-order valence-electron chi connectivity index (χ0n) is 9.57. The van der Waals surface area contributed by atoms with E-state index in [9.17, 15) is 4.79 Å². The zero-order chi connectivity index (χ0) is 11.5. The van der Waals surface area contributed by atoms with Gasteiger partial charge < -0.3 is 10.6 Å². The number of carbonyl (C=O) groups is 1. The van der Waals surface area contributed by atoms with E-state index in [2.05, 4.69) is 6.07 Å². The first-order valence-electron chi connectivity index (χ1n) is 5.70. The molecule has 1 aromatic carbocycles. The van der Waals surface area contributed by atoms with E-state index >= 15 is 0 Å². The Kier molecular flexibility index (Phi) is 3.25. The molecule has 0 bridgehead atoms. The molecule has 0 spiro atoms. The third-order valence-electron chi connectivity index (χ3n) is 3.14. The lowest BCUT2D eigenvalue weighted by Crippen LogP contribution is -2.43. The van der Waals surface area contributed by atoms with Crippen molar-refractivity contribution in [1.29, 1.82) is 0 Å². The molecule has 0 aliphatic carbocycles. The van der Waals surface area contributed by atoms with E-state index in [1.807, 2.05) is 24.0 Å². The molecule has 1 aromatic rings. The van der Waals surface area contributed by atoms with Crippen LogP contribution in [0.15, 0.2) is 18.2 Å². The minimum atomic E-state index is 0.112. The highest BCUT2D eigenvalue weighted by atomic mass is 16.2. The second-order valence-corrected chi connectivity index (χ2v) is 4.37. The number of piperidine rings is 1. The van der Waals surface area contributed by atoms with Crippen molar-refractivity contribution in [2.75, 3.05) is 13.1 Å². The van der Waals surface area contributed by atoms with Gasteiger partial charge in [-0.15, -0.1) is 0 Å². The molecule has 16 heavy (non-hydrogen) atoms. The van der Waals surface area contributed by atoms with Gasteiger partial charge in [0.1, 0.15) is 0 Å². The van der Waals surface area contributed by atoms with Crippen LogP contribution in [-0.2, 0) is 0 Å². The molecule has 1 aliphatic heterocycles. The Labute approximate surface area is 96.2 Å². The molecule has 85 valence electrons. The Bertz CT molecular complexity index is 381. The molecule has 1 fully saturated rings. The molecule has 0 unspecified atom stereocenters. The van der Waals surface area contributed by atoms with Crippen LogP contribution in [0.5, 0.6) is 0 Å². The normalized spacial score (nSPS) is 17.5. The molecule has 1 amide bonds. The lowest BCUT2D eigenvalue weighted by molar-refractivity contribution is 0.0714. The van der Waals surface area contributed by atoms with Crippen LogP contribution >= 0.6 is 0 Å². The number of aryl methyl sites for hydroxylation is 1. The molecule has 1 aliphatic rings. The summed E-state index contributed by atoms with van der Waals surface area (Å²) in [6, 6.07) is 8.74. The van der Waals surface area contributed by atoms with Gasteiger partial charge in [0.2, 0.25) is 0 Å². The number of nitrogens with zero attached hydrogens (tertiary/aromatic N) is 1. The first-order valence-corrected chi connectivity index (χ1v) is 5.70. The number of hydrogen-bond acceptors (Lipinski definition) is 2. The SMILES string of the molecule is Cc1cc[c]cc1C(=O)N1CCC(N)CC1. The monoisotopic (exact) mass is 217 g/mol. The predicted molar refractivity (Wildman–Crippen MR) is 63.1 cm³/mol. The van der Waals surface area contributed by atoms with Gasteiger partial charge in [-0.1, -0.05) is 12.1 Å². The van der Waals surface area contributed by atoms with Crippen molar-refractivity contribution in [3.8, 4) is 0 Å². The first-order chi connectivity index (χ1) is 7.68.